The van der Waals surface area contributed by atoms with Crippen LogP contribution in [-0.4, -0.2) is 10.4 Å². The van der Waals surface area contributed by atoms with E-state index in [-0.39, 0.29) is 4.32 Å². The summed E-state index contributed by atoms with van der Waals surface area (Å²) < 4.78 is 4.11. The molecule has 1 amide bonds. The molecule has 10 heteroatoms. The van der Waals surface area contributed by atoms with Crippen molar-refractivity contribution in [2.75, 3.05) is 0 Å². The van der Waals surface area contributed by atoms with Gasteiger partial charge in [0.2, 0.25) is 4.32 Å². The Morgan fingerprint density at radius 1 is 1.83 bits per heavy atom. The van der Waals surface area contributed by atoms with Crippen LogP contribution in [-0.2, 0) is 9.12 Å². The van der Waals surface area contributed by atoms with Crippen molar-refractivity contribution < 1.29 is 13.9 Å². The first-order valence-corrected chi connectivity index (χ1v) is 3.46. The normalized spacial score (nSPS) is 7.67. The average molecular weight is 209 g/mol. The summed E-state index contributed by atoms with van der Waals surface area (Å²) in [6.07, 6.45) is -1.04. The summed E-state index contributed by atoms with van der Waals surface area (Å²) in [6, 6.07) is 0. The molecule has 0 rings (SSSR count). The van der Waals surface area contributed by atoms with Gasteiger partial charge in [-0.3, -0.25) is 0 Å². The van der Waals surface area contributed by atoms with Crippen LogP contribution in [0.2, 0.25) is 0 Å². The van der Waals surface area contributed by atoms with Crippen molar-refractivity contribution in [1.82, 2.24) is 5.48 Å². The number of thiocarbonyl (C=S) groups is 1. The van der Waals surface area contributed by atoms with Gasteiger partial charge in [-0.2, -0.15) is 5.48 Å². The smallest absolute Gasteiger partial charge is 0.351 e. The highest BCUT2D eigenvalue weighted by molar-refractivity contribution is 8.19. The van der Waals surface area contributed by atoms with Crippen molar-refractivity contribution in [3.63, 3.8) is 0 Å². The van der Waals surface area contributed by atoms with Gasteiger partial charge in [-0.25, -0.2) is 4.79 Å². The highest BCUT2D eigenvalue weighted by Gasteiger charge is 1.99. The van der Waals surface area contributed by atoms with E-state index >= 15 is 0 Å². The molecule has 0 bridgehead atoms. The highest BCUT2D eigenvalue weighted by Crippen LogP contribution is 2.03. The van der Waals surface area contributed by atoms with E-state index in [0.29, 0.717) is 12.0 Å². The first-order valence-electron chi connectivity index (χ1n) is 2.31. The van der Waals surface area contributed by atoms with Crippen LogP contribution < -0.4 is 11.2 Å². The number of hydroxylamine groups is 1. The van der Waals surface area contributed by atoms with E-state index in [1.54, 1.807) is 0 Å². The molecule has 66 valence electrons. The second kappa shape index (κ2) is 6.34. The molecule has 0 radical (unpaired) electrons. The van der Waals surface area contributed by atoms with E-state index in [0.717, 1.165) is 0 Å². The lowest BCUT2D eigenvalue weighted by Gasteiger charge is -2.01. The van der Waals surface area contributed by atoms with E-state index in [4.69, 9.17) is 5.53 Å². The molecule has 0 aromatic rings. The monoisotopic (exact) mass is 209 g/mol. The van der Waals surface area contributed by atoms with Crippen LogP contribution in [0.4, 0.5) is 4.79 Å². The third kappa shape index (κ3) is 6.74. The third-order valence-electron chi connectivity index (χ3n) is 0.418. The van der Waals surface area contributed by atoms with Crippen molar-refractivity contribution in [3.8, 4) is 0 Å². The lowest BCUT2D eigenvalue weighted by Crippen LogP contribution is -2.26. The summed E-state index contributed by atoms with van der Waals surface area (Å²) in [7, 11) is 0. The molecule has 0 aromatic heterocycles. The zero-order chi connectivity index (χ0) is 9.40. The number of nitrogens with two attached hydrogens (primary N) is 1. The van der Waals surface area contributed by atoms with Crippen LogP contribution in [0.15, 0.2) is 5.28 Å². The van der Waals surface area contributed by atoms with Crippen LogP contribution in [0.25, 0.3) is 10.4 Å². The van der Waals surface area contributed by atoms with Gasteiger partial charge in [-0.15, -0.1) is 0 Å². The number of primary amides is 1. The Bertz CT molecular complexity index is 217. The van der Waals surface area contributed by atoms with Gasteiger partial charge < -0.3 is 14.9 Å². The Labute approximate surface area is 76.1 Å². The van der Waals surface area contributed by atoms with Crippen LogP contribution in [0.1, 0.15) is 0 Å². The molecule has 0 saturated carbocycles. The van der Waals surface area contributed by atoms with Gasteiger partial charge in [0, 0.05) is 4.91 Å². The van der Waals surface area contributed by atoms with E-state index in [9.17, 15) is 4.79 Å². The van der Waals surface area contributed by atoms with Gasteiger partial charge in [0.1, 0.15) is 17.3 Å². The van der Waals surface area contributed by atoms with Gasteiger partial charge >= 0.3 is 6.09 Å². The lowest BCUT2D eigenvalue weighted by molar-refractivity contribution is 0.132. The number of hydrogen-bond donors (Lipinski definition) is 2. The Morgan fingerprint density at radius 2 is 2.50 bits per heavy atom. The molecule has 0 aliphatic rings. The molecule has 0 heterocycles. The number of hydrogen-bond acceptors (Lipinski definition) is 6. The zero-order valence-electron chi connectivity index (χ0n) is 5.46. The molecule has 0 saturated heterocycles. The van der Waals surface area contributed by atoms with E-state index in [1.165, 1.54) is 0 Å². The Balaban J connectivity index is 3.46. The minimum Gasteiger partial charge on any atom is -0.351 e. The molecular weight excluding hydrogens is 206 g/mol. The van der Waals surface area contributed by atoms with Crippen LogP contribution in [0, 0.1) is 0 Å². The van der Waals surface area contributed by atoms with Crippen molar-refractivity contribution >= 4 is 34.7 Å². The Kier molecular flexibility index (Phi) is 5.61. The molecule has 0 aromatic carbocycles. The zero-order valence-corrected chi connectivity index (χ0v) is 7.09. The molecule has 8 nitrogen and oxygen atoms in total. The van der Waals surface area contributed by atoms with E-state index in [2.05, 4.69) is 37.3 Å². The number of amides is 1. The summed E-state index contributed by atoms with van der Waals surface area (Å²) in [5.74, 6) is 0. The molecular formula is C2H3N5O3S2. The van der Waals surface area contributed by atoms with Crippen LogP contribution >= 0.6 is 24.3 Å². The maximum atomic E-state index is 9.98. The fourth-order valence-electron chi connectivity index (χ4n) is 0.174. The third-order valence-corrected chi connectivity index (χ3v) is 1.08. The molecule has 0 aliphatic heterocycles. The van der Waals surface area contributed by atoms with Gasteiger partial charge in [0.25, 0.3) is 0 Å². The molecule has 3 N–H and O–H groups in total. The standard InChI is InChI=1S/C2H3N5O3S2/c3-1(8)9-5-2(11)12-10-7-6-4/h(H2,3,8)(H,5,11). The summed E-state index contributed by atoms with van der Waals surface area (Å²) in [6.45, 7) is 0. The molecule has 0 spiro atoms. The molecule has 0 atom stereocenters. The van der Waals surface area contributed by atoms with Crippen molar-refractivity contribution in [2.45, 2.75) is 0 Å². The summed E-state index contributed by atoms with van der Waals surface area (Å²) >= 11 is 5.01. The lowest BCUT2D eigenvalue weighted by atomic mass is 11.3. The number of carbonyl (C=O) groups excluding carboxylic acids is 1. The average Bonchev–Trinajstić information content (AvgIpc) is 2.01. The predicted molar refractivity (Wildman–Crippen MR) is 44.2 cm³/mol. The van der Waals surface area contributed by atoms with E-state index in [1.807, 2.05) is 5.48 Å². The highest BCUT2D eigenvalue weighted by atomic mass is 32.2. The van der Waals surface area contributed by atoms with Crippen LogP contribution in [0.3, 0.4) is 0 Å². The largest absolute Gasteiger partial charge is 0.428 e. The van der Waals surface area contributed by atoms with Gasteiger partial charge in [0.05, 0.1) is 0 Å². The second-order valence-corrected chi connectivity index (χ2v) is 2.53. The maximum absolute atomic E-state index is 9.98. The summed E-state index contributed by atoms with van der Waals surface area (Å²) in [4.78, 5) is 16.3. The number of azide groups is 1. The SMILES string of the molecule is [N-]=[N+]=NOSC(=S)NOC(N)=O. The van der Waals surface area contributed by atoms with Crippen molar-refractivity contribution in [1.29, 1.82) is 0 Å². The number of nitrogens with one attached hydrogen (secondary N) is 1. The van der Waals surface area contributed by atoms with Gasteiger partial charge in [0.15, 0.2) is 0 Å². The molecule has 0 aliphatic carbocycles. The minimum atomic E-state index is -1.04. The topological polar surface area (TPSA) is 122 Å². The molecule has 0 fully saturated rings. The number of nitrogens with zero attached hydrogens (tertiary/aromatic N) is 3. The predicted octanol–water partition coefficient (Wildman–Crippen LogP) is 0.761. The maximum Gasteiger partial charge on any atom is 0.428 e. The number of carbonyl (C=O) groups is 1. The first-order chi connectivity index (χ1) is 5.66. The van der Waals surface area contributed by atoms with E-state index < -0.39 is 6.09 Å². The fraction of sp³-hybridized carbons (Fsp3) is 0. The molecule has 12 heavy (non-hydrogen) atoms. The first kappa shape index (κ1) is 10.6. The number of rotatable bonds is 2. The van der Waals surface area contributed by atoms with Crippen LogP contribution in [0.5, 0.6) is 0 Å². The Morgan fingerprint density at radius 3 is 3.00 bits per heavy atom. The second-order valence-electron chi connectivity index (χ2n) is 1.14. The van der Waals surface area contributed by atoms with Crippen molar-refractivity contribution in [3.05, 3.63) is 10.4 Å². The quantitative estimate of drug-likeness (QED) is 0.173. The van der Waals surface area contributed by atoms with Gasteiger partial charge in [-0.1, -0.05) is 0 Å². The summed E-state index contributed by atoms with van der Waals surface area (Å²) in [5.41, 5.74) is 14.3. The van der Waals surface area contributed by atoms with Gasteiger partial charge in [-0.05, 0) is 17.7 Å². The Hall–Kier alpha value is -1.38. The summed E-state index contributed by atoms with van der Waals surface area (Å²) in [5, 5.41) is 2.68. The fourth-order valence-corrected chi connectivity index (χ4v) is 0.514. The molecule has 0 unspecified atom stereocenters. The minimum absolute atomic E-state index is 0.0544. The van der Waals surface area contributed by atoms with Crippen molar-refractivity contribution in [2.24, 2.45) is 11.0 Å².